The van der Waals surface area contributed by atoms with Crippen LogP contribution in [0.2, 0.25) is 0 Å². The molecule has 152 valence electrons. The third kappa shape index (κ3) is 6.66. The summed E-state index contributed by atoms with van der Waals surface area (Å²) < 4.78 is 20.5. The number of carbonyl (C=O) groups is 1. The monoisotopic (exact) mass is 401 g/mol. The summed E-state index contributed by atoms with van der Waals surface area (Å²) in [6.45, 7) is 9.96. The van der Waals surface area contributed by atoms with Gasteiger partial charge in [0.1, 0.15) is 4.75 Å². The Morgan fingerprint density at radius 1 is 1.18 bits per heavy atom. The standard InChI is InChI=1S/C23H31NO3S/c1-6-27-22(25)16-21(24-28(26)23(3,4)5)20-13-9-11-18(15-20)14-19-12-8-7-10-17(19)2/h7-13,15,21,24H,6,14,16H2,1-5H3/t21-,28?/m1/s1. The van der Waals surface area contributed by atoms with E-state index in [4.69, 9.17) is 4.74 Å². The van der Waals surface area contributed by atoms with E-state index in [9.17, 15) is 9.35 Å². The molecule has 1 unspecified atom stereocenters. The fourth-order valence-electron chi connectivity index (χ4n) is 2.87. The molecule has 0 amide bonds. The Kier molecular flexibility index (Phi) is 8.10. The predicted molar refractivity (Wildman–Crippen MR) is 115 cm³/mol. The molecule has 4 nitrogen and oxygen atoms in total. The van der Waals surface area contributed by atoms with Gasteiger partial charge < -0.3 is 9.29 Å². The van der Waals surface area contributed by atoms with Crippen molar-refractivity contribution in [2.24, 2.45) is 0 Å². The lowest BCUT2D eigenvalue weighted by atomic mass is 9.96. The van der Waals surface area contributed by atoms with Crippen LogP contribution in [0.1, 0.15) is 62.4 Å². The minimum atomic E-state index is -1.29. The van der Waals surface area contributed by atoms with Gasteiger partial charge in [0.2, 0.25) is 0 Å². The number of esters is 1. The van der Waals surface area contributed by atoms with Crippen molar-refractivity contribution < 1.29 is 14.1 Å². The molecule has 0 saturated heterocycles. The van der Waals surface area contributed by atoms with E-state index < -0.39 is 16.1 Å². The van der Waals surface area contributed by atoms with Crippen molar-refractivity contribution in [3.63, 3.8) is 0 Å². The van der Waals surface area contributed by atoms with E-state index >= 15 is 0 Å². The first kappa shape index (κ1) is 22.5. The van der Waals surface area contributed by atoms with Gasteiger partial charge >= 0.3 is 5.97 Å². The van der Waals surface area contributed by atoms with Crippen LogP contribution in [0.4, 0.5) is 0 Å². The molecular formula is C23H31NO3S. The fourth-order valence-corrected chi connectivity index (χ4v) is 3.70. The molecule has 0 saturated carbocycles. The lowest BCUT2D eigenvalue weighted by Gasteiger charge is -2.28. The molecule has 2 atom stereocenters. The van der Waals surface area contributed by atoms with Gasteiger partial charge in [0.15, 0.2) is 0 Å². The molecule has 0 spiro atoms. The lowest BCUT2D eigenvalue weighted by molar-refractivity contribution is -0.143. The molecular weight excluding hydrogens is 370 g/mol. The van der Waals surface area contributed by atoms with Crippen LogP contribution in [0.15, 0.2) is 48.5 Å². The minimum absolute atomic E-state index is 0.142. The number of hydrogen-bond acceptors (Lipinski definition) is 4. The molecule has 0 aliphatic carbocycles. The number of benzene rings is 2. The molecule has 2 aromatic carbocycles. The van der Waals surface area contributed by atoms with Gasteiger partial charge in [0, 0.05) is 11.4 Å². The van der Waals surface area contributed by atoms with Crippen molar-refractivity contribution in [2.75, 3.05) is 6.61 Å². The maximum atomic E-state index is 12.7. The van der Waals surface area contributed by atoms with E-state index in [1.54, 1.807) is 6.92 Å². The van der Waals surface area contributed by atoms with E-state index in [-0.39, 0.29) is 18.4 Å². The zero-order chi connectivity index (χ0) is 20.7. The molecule has 1 N–H and O–H groups in total. The van der Waals surface area contributed by atoms with Gasteiger partial charge in [-0.25, -0.2) is 0 Å². The third-order valence-electron chi connectivity index (χ3n) is 4.49. The minimum Gasteiger partial charge on any atom is -0.598 e. The van der Waals surface area contributed by atoms with Crippen molar-refractivity contribution in [3.05, 3.63) is 70.8 Å². The van der Waals surface area contributed by atoms with Crippen LogP contribution in [0, 0.1) is 6.92 Å². The molecule has 0 bridgehead atoms. The van der Waals surface area contributed by atoms with Gasteiger partial charge in [-0.15, -0.1) is 4.72 Å². The van der Waals surface area contributed by atoms with Crippen molar-refractivity contribution in [3.8, 4) is 0 Å². The van der Waals surface area contributed by atoms with Gasteiger partial charge in [0.25, 0.3) is 0 Å². The second-order valence-electron chi connectivity index (χ2n) is 7.91. The summed E-state index contributed by atoms with van der Waals surface area (Å²) in [5, 5.41) is 0. The molecule has 5 heteroatoms. The fraction of sp³-hybridized carbons (Fsp3) is 0.435. The van der Waals surface area contributed by atoms with Crippen molar-refractivity contribution in [1.82, 2.24) is 4.72 Å². The zero-order valence-electron chi connectivity index (χ0n) is 17.5. The Balaban J connectivity index is 2.26. The van der Waals surface area contributed by atoms with E-state index in [0.29, 0.717) is 6.61 Å². The predicted octanol–water partition coefficient (Wildman–Crippen LogP) is 4.63. The highest BCUT2D eigenvalue weighted by Gasteiger charge is 2.31. The summed E-state index contributed by atoms with van der Waals surface area (Å²) >= 11 is -1.29. The van der Waals surface area contributed by atoms with Crippen LogP contribution < -0.4 is 4.72 Å². The molecule has 0 radical (unpaired) electrons. The molecule has 28 heavy (non-hydrogen) atoms. The number of ether oxygens (including phenoxy) is 1. The average molecular weight is 402 g/mol. The van der Waals surface area contributed by atoms with Gasteiger partial charge in [-0.05, 0) is 63.3 Å². The van der Waals surface area contributed by atoms with Crippen molar-refractivity contribution in [2.45, 2.75) is 58.2 Å². The molecule has 0 aliphatic heterocycles. The first-order valence-electron chi connectivity index (χ1n) is 9.67. The molecule has 0 aromatic heterocycles. The van der Waals surface area contributed by atoms with Crippen LogP contribution in [-0.2, 0) is 27.3 Å². The Hall–Kier alpha value is -1.82. The summed E-state index contributed by atoms with van der Waals surface area (Å²) in [4.78, 5) is 12.1. The van der Waals surface area contributed by atoms with Gasteiger partial charge in [-0.2, -0.15) is 0 Å². The maximum Gasteiger partial charge on any atom is 0.307 e. The summed E-state index contributed by atoms with van der Waals surface area (Å²) in [5.41, 5.74) is 4.62. The molecule has 2 rings (SSSR count). The molecule has 0 aliphatic rings. The van der Waals surface area contributed by atoms with E-state index in [1.165, 1.54) is 11.1 Å². The van der Waals surface area contributed by atoms with E-state index in [2.05, 4.69) is 35.9 Å². The SMILES string of the molecule is CCOC(=O)C[C@@H](N[S+]([O-])C(C)(C)C)c1cccc(Cc2ccccc2C)c1. The first-order chi connectivity index (χ1) is 13.2. The molecule has 2 aromatic rings. The highest BCUT2D eigenvalue weighted by atomic mass is 32.2. The van der Waals surface area contributed by atoms with Gasteiger partial charge in [-0.1, -0.05) is 48.5 Å². The zero-order valence-corrected chi connectivity index (χ0v) is 18.3. The quantitative estimate of drug-likeness (QED) is 0.517. The lowest BCUT2D eigenvalue weighted by Crippen LogP contribution is -2.42. The molecule has 0 heterocycles. The smallest absolute Gasteiger partial charge is 0.307 e. The topological polar surface area (TPSA) is 61.4 Å². The highest BCUT2D eigenvalue weighted by molar-refractivity contribution is 7.90. The van der Waals surface area contributed by atoms with Crippen LogP contribution >= 0.6 is 0 Å². The Labute approximate surface area is 172 Å². The Morgan fingerprint density at radius 3 is 2.54 bits per heavy atom. The average Bonchev–Trinajstić information content (AvgIpc) is 2.63. The largest absolute Gasteiger partial charge is 0.598 e. The van der Waals surface area contributed by atoms with Crippen LogP contribution in [0.25, 0.3) is 0 Å². The summed E-state index contributed by atoms with van der Waals surface area (Å²) in [7, 11) is 0. The number of aryl methyl sites for hydroxylation is 1. The highest BCUT2D eigenvalue weighted by Crippen LogP contribution is 2.25. The normalized spacial score (nSPS) is 13.8. The maximum absolute atomic E-state index is 12.7. The molecule has 0 fully saturated rings. The van der Waals surface area contributed by atoms with Crippen LogP contribution in [0.5, 0.6) is 0 Å². The number of rotatable bonds is 8. The van der Waals surface area contributed by atoms with Crippen LogP contribution in [-0.4, -0.2) is 21.9 Å². The van der Waals surface area contributed by atoms with E-state index in [0.717, 1.165) is 17.5 Å². The van der Waals surface area contributed by atoms with E-state index in [1.807, 2.05) is 45.0 Å². The number of carbonyl (C=O) groups excluding carboxylic acids is 1. The first-order valence-corrected chi connectivity index (χ1v) is 10.8. The number of hydrogen-bond donors (Lipinski definition) is 1. The number of nitrogens with one attached hydrogen (secondary N) is 1. The second kappa shape index (κ2) is 10.1. The van der Waals surface area contributed by atoms with Crippen molar-refractivity contribution >= 4 is 17.3 Å². The third-order valence-corrected chi connectivity index (χ3v) is 6.10. The van der Waals surface area contributed by atoms with Gasteiger partial charge in [0.05, 0.1) is 19.1 Å². The summed E-state index contributed by atoms with van der Waals surface area (Å²) in [6.07, 6.45) is 0.957. The van der Waals surface area contributed by atoms with Crippen molar-refractivity contribution in [1.29, 1.82) is 0 Å². The summed E-state index contributed by atoms with van der Waals surface area (Å²) in [5.74, 6) is -0.296. The van der Waals surface area contributed by atoms with Crippen LogP contribution in [0.3, 0.4) is 0 Å². The Morgan fingerprint density at radius 2 is 1.89 bits per heavy atom. The Bertz CT molecular complexity index is 785. The second-order valence-corrected chi connectivity index (χ2v) is 9.91. The summed E-state index contributed by atoms with van der Waals surface area (Å²) in [6, 6.07) is 16.1. The van der Waals surface area contributed by atoms with Gasteiger partial charge in [-0.3, -0.25) is 4.79 Å².